The van der Waals surface area contributed by atoms with Gasteiger partial charge in [0.1, 0.15) is 0 Å². The largest absolute Gasteiger partial charge is 0.306 e. The summed E-state index contributed by atoms with van der Waals surface area (Å²) in [5, 5.41) is 0. The molecular formula is C8H18FN. The molecule has 0 amide bonds. The molecule has 0 aromatic rings. The lowest BCUT2D eigenvalue weighted by Gasteiger charge is -2.27. The quantitative estimate of drug-likeness (QED) is 0.547. The molecule has 0 unspecified atom stereocenters. The fourth-order valence-electron chi connectivity index (χ4n) is 1.47. The number of halogens is 1. The first-order chi connectivity index (χ1) is 4.33. The monoisotopic (exact) mass is 147 g/mol. The van der Waals surface area contributed by atoms with Crippen molar-refractivity contribution in [1.82, 2.24) is 4.90 Å². The van der Waals surface area contributed by atoms with Crippen LogP contribution in [0.15, 0.2) is 0 Å². The third-order valence-electron chi connectivity index (χ3n) is 2.42. The molecule has 1 aliphatic rings. The summed E-state index contributed by atoms with van der Waals surface area (Å²) in [4.78, 5) is 2.42. The van der Waals surface area contributed by atoms with Crippen LogP contribution in [0.3, 0.4) is 0 Å². The van der Waals surface area contributed by atoms with E-state index in [2.05, 4.69) is 18.9 Å². The summed E-state index contributed by atoms with van der Waals surface area (Å²) in [6.45, 7) is 4.94. The average molecular weight is 147 g/mol. The van der Waals surface area contributed by atoms with Gasteiger partial charge in [-0.2, -0.15) is 0 Å². The minimum Gasteiger partial charge on any atom is -0.306 e. The predicted molar refractivity (Wildman–Crippen MR) is 43.0 cm³/mol. The van der Waals surface area contributed by atoms with Crippen LogP contribution >= 0.6 is 0 Å². The Hall–Kier alpha value is -0.110. The molecule has 1 fully saturated rings. The summed E-state index contributed by atoms with van der Waals surface area (Å²) in [6, 6.07) is 0. The van der Waals surface area contributed by atoms with Crippen molar-refractivity contribution in [2.24, 2.45) is 5.92 Å². The molecule has 62 valence electrons. The van der Waals surface area contributed by atoms with Crippen LogP contribution in [0.25, 0.3) is 0 Å². The Bertz CT molecular complexity index is 77.3. The SMILES string of the molecule is CCC1CCN(C)CC1.F. The highest BCUT2D eigenvalue weighted by atomic mass is 19.0. The Morgan fingerprint density at radius 3 is 2.20 bits per heavy atom. The van der Waals surface area contributed by atoms with Crippen molar-refractivity contribution in [2.45, 2.75) is 26.2 Å². The van der Waals surface area contributed by atoms with Gasteiger partial charge >= 0.3 is 0 Å². The molecule has 2 heteroatoms. The van der Waals surface area contributed by atoms with Crippen molar-refractivity contribution < 1.29 is 4.70 Å². The first-order valence-electron chi connectivity index (χ1n) is 4.01. The van der Waals surface area contributed by atoms with Crippen molar-refractivity contribution >= 4 is 0 Å². The normalized spacial score (nSPS) is 22.2. The minimum absolute atomic E-state index is 0. The Morgan fingerprint density at radius 2 is 1.80 bits per heavy atom. The van der Waals surface area contributed by atoms with Gasteiger partial charge in [-0.1, -0.05) is 13.3 Å². The van der Waals surface area contributed by atoms with E-state index in [1.165, 1.54) is 32.4 Å². The molecule has 0 saturated carbocycles. The molecule has 0 aromatic carbocycles. The zero-order valence-electron chi connectivity index (χ0n) is 6.97. The van der Waals surface area contributed by atoms with E-state index in [9.17, 15) is 0 Å². The molecule has 1 aliphatic heterocycles. The molecule has 0 bridgehead atoms. The van der Waals surface area contributed by atoms with E-state index in [0.29, 0.717) is 0 Å². The summed E-state index contributed by atoms with van der Waals surface area (Å²) in [5.74, 6) is 1.03. The van der Waals surface area contributed by atoms with Crippen molar-refractivity contribution in [2.75, 3.05) is 20.1 Å². The van der Waals surface area contributed by atoms with Crippen LogP contribution in [0.2, 0.25) is 0 Å². The van der Waals surface area contributed by atoms with Gasteiger partial charge in [0.05, 0.1) is 0 Å². The average Bonchev–Trinajstić information content (AvgIpc) is 1.90. The maximum atomic E-state index is 2.42. The summed E-state index contributed by atoms with van der Waals surface area (Å²) >= 11 is 0. The van der Waals surface area contributed by atoms with Crippen LogP contribution in [0, 0.1) is 5.92 Å². The van der Waals surface area contributed by atoms with Gasteiger partial charge in [0.15, 0.2) is 0 Å². The smallest absolute Gasteiger partial charge is 0.00191 e. The molecule has 1 nitrogen and oxygen atoms in total. The lowest BCUT2D eigenvalue weighted by atomic mass is 9.95. The molecule has 0 aliphatic carbocycles. The molecule has 1 heterocycles. The number of rotatable bonds is 1. The number of hydrogen-bond donors (Lipinski definition) is 0. The zero-order valence-corrected chi connectivity index (χ0v) is 6.97. The highest BCUT2D eigenvalue weighted by Gasteiger charge is 2.13. The Labute approximate surface area is 62.8 Å². The van der Waals surface area contributed by atoms with Crippen LogP contribution in [0.1, 0.15) is 26.2 Å². The fraction of sp³-hybridized carbons (Fsp3) is 1.00. The second-order valence-corrected chi connectivity index (χ2v) is 3.15. The summed E-state index contributed by atoms with van der Waals surface area (Å²) in [5.41, 5.74) is 0. The summed E-state index contributed by atoms with van der Waals surface area (Å²) in [7, 11) is 2.21. The lowest BCUT2D eigenvalue weighted by molar-refractivity contribution is 0.216. The molecule has 0 spiro atoms. The second kappa shape index (κ2) is 4.67. The van der Waals surface area contributed by atoms with Gasteiger partial charge in [0.25, 0.3) is 0 Å². The Balaban J connectivity index is 0.000000810. The number of piperidine rings is 1. The molecular weight excluding hydrogens is 129 g/mol. The van der Waals surface area contributed by atoms with E-state index in [0.717, 1.165) is 5.92 Å². The molecule has 1 saturated heterocycles. The number of nitrogens with zero attached hydrogens (tertiary/aromatic N) is 1. The second-order valence-electron chi connectivity index (χ2n) is 3.15. The van der Waals surface area contributed by atoms with E-state index in [1.54, 1.807) is 0 Å². The lowest BCUT2D eigenvalue weighted by Crippen LogP contribution is -2.29. The van der Waals surface area contributed by atoms with Gasteiger partial charge in [-0.3, -0.25) is 4.70 Å². The van der Waals surface area contributed by atoms with Gasteiger partial charge in [-0.05, 0) is 38.9 Å². The van der Waals surface area contributed by atoms with Crippen molar-refractivity contribution in [3.8, 4) is 0 Å². The van der Waals surface area contributed by atoms with Crippen LogP contribution < -0.4 is 0 Å². The van der Waals surface area contributed by atoms with Gasteiger partial charge in [-0.25, -0.2) is 0 Å². The third kappa shape index (κ3) is 2.65. The van der Waals surface area contributed by atoms with Crippen molar-refractivity contribution in [3.05, 3.63) is 0 Å². The molecule has 10 heavy (non-hydrogen) atoms. The van der Waals surface area contributed by atoms with Crippen LogP contribution in [-0.4, -0.2) is 25.0 Å². The van der Waals surface area contributed by atoms with E-state index in [1.807, 2.05) is 0 Å². The zero-order chi connectivity index (χ0) is 6.69. The third-order valence-corrected chi connectivity index (χ3v) is 2.42. The standard InChI is InChI=1S/C8H17N.FH/c1-3-8-4-6-9(2)7-5-8;/h8H,3-7H2,1-2H3;1H. The van der Waals surface area contributed by atoms with Crippen molar-refractivity contribution in [1.29, 1.82) is 0 Å². The van der Waals surface area contributed by atoms with Crippen LogP contribution in [0.5, 0.6) is 0 Å². The first kappa shape index (κ1) is 9.89. The first-order valence-corrected chi connectivity index (χ1v) is 4.01. The maximum absolute atomic E-state index is 2.42. The number of hydrogen-bond acceptors (Lipinski definition) is 1. The summed E-state index contributed by atoms with van der Waals surface area (Å²) in [6.07, 6.45) is 4.23. The topological polar surface area (TPSA) is 3.24 Å². The predicted octanol–water partition coefficient (Wildman–Crippen LogP) is 1.89. The van der Waals surface area contributed by atoms with Crippen LogP contribution in [0.4, 0.5) is 4.70 Å². The minimum atomic E-state index is 0. The molecule has 0 atom stereocenters. The van der Waals surface area contributed by atoms with E-state index in [-0.39, 0.29) is 4.70 Å². The molecule has 1 rings (SSSR count). The van der Waals surface area contributed by atoms with Gasteiger partial charge in [0.2, 0.25) is 0 Å². The Kier molecular flexibility index (Phi) is 4.62. The summed E-state index contributed by atoms with van der Waals surface area (Å²) < 4.78 is 0. The van der Waals surface area contributed by atoms with E-state index < -0.39 is 0 Å². The van der Waals surface area contributed by atoms with Gasteiger partial charge < -0.3 is 4.90 Å². The van der Waals surface area contributed by atoms with E-state index >= 15 is 0 Å². The maximum Gasteiger partial charge on any atom is -0.00191 e. The number of likely N-dealkylation sites (tertiary alicyclic amines) is 1. The highest BCUT2D eigenvalue weighted by Crippen LogP contribution is 2.18. The van der Waals surface area contributed by atoms with Gasteiger partial charge in [-0.15, -0.1) is 0 Å². The van der Waals surface area contributed by atoms with Gasteiger partial charge in [0, 0.05) is 0 Å². The highest BCUT2D eigenvalue weighted by molar-refractivity contribution is 4.67. The van der Waals surface area contributed by atoms with Crippen molar-refractivity contribution in [3.63, 3.8) is 0 Å². The van der Waals surface area contributed by atoms with Crippen LogP contribution in [-0.2, 0) is 0 Å². The molecule has 0 radical (unpaired) electrons. The van der Waals surface area contributed by atoms with E-state index in [4.69, 9.17) is 0 Å². The Morgan fingerprint density at radius 1 is 1.30 bits per heavy atom. The fourth-order valence-corrected chi connectivity index (χ4v) is 1.47. The molecule has 0 aromatic heterocycles. The molecule has 0 N–H and O–H groups in total.